The summed E-state index contributed by atoms with van der Waals surface area (Å²) in [6.45, 7) is 6.72. The molecule has 0 bridgehead atoms. The molecule has 1 fully saturated rings. The Bertz CT molecular complexity index is 424. The molecule has 1 atom stereocenters. The molecule has 4 heteroatoms. The molecule has 0 aromatic carbocycles. The highest BCUT2D eigenvalue weighted by molar-refractivity contribution is 7.12. The van der Waals surface area contributed by atoms with Crippen molar-refractivity contribution < 1.29 is 9.53 Å². The number of carbonyl (C=O) groups excluding carboxylic acids is 1. The zero-order valence-corrected chi connectivity index (χ0v) is 13.4. The maximum atomic E-state index is 11.9. The Morgan fingerprint density at radius 2 is 2.05 bits per heavy atom. The lowest BCUT2D eigenvalue weighted by atomic mass is 10.0. The third-order valence-corrected chi connectivity index (χ3v) is 5.19. The Morgan fingerprint density at radius 3 is 2.65 bits per heavy atom. The van der Waals surface area contributed by atoms with Crippen molar-refractivity contribution in [3.8, 4) is 0 Å². The van der Waals surface area contributed by atoms with Gasteiger partial charge in [0.25, 0.3) is 0 Å². The molecule has 20 heavy (non-hydrogen) atoms. The van der Waals surface area contributed by atoms with Crippen molar-refractivity contribution in [3.63, 3.8) is 0 Å². The molecule has 112 valence electrons. The van der Waals surface area contributed by atoms with Gasteiger partial charge in [0.15, 0.2) is 0 Å². The van der Waals surface area contributed by atoms with E-state index in [0.717, 1.165) is 19.5 Å². The summed E-state index contributed by atoms with van der Waals surface area (Å²) in [5.74, 6) is -0.0745. The normalized spacial score (nSPS) is 17.9. The van der Waals surface area contributed by atoms with Crippen LogP contribution in [0.15, 0.2) is 12.1 Å². The van der Waals surface area contributed by atoms with Crippen molar-refractivity contribution in [1.29, 1.82) is 0 Å². The van der Waals surface area contributed by atoms with Crippen LogP contribution in [-0.4, -0.2) is 30.6 Å². The Balaban J connectivity index is 2.11. The molecule has 1 aliphatic heterocycles. The molecule has 0 spiro atoms. The molecular weight excluding hydrogens is 270 g/mol. The van der Waals surface area contributed by atoms with Gasteiger partial charge in [-0.3, -0.25) is 9.69 Å². The zero-order chi connectivity index (χ0) is 14.4. The number of thiophene rings is 1. The van der Waals surface area contributed by atoms with Crippen LogP contribution < -0.4 is 0 Å². The fraction of sp³-hybridized carbons (Fsp3) is 0.688. The molecule has 1 aromatic rings. The minimum Gasteiger partial charge on any atom is -0.466 e. The third kappa shape index (κ3) is 4.06. The van der Waals surface area contributed by atoms with E-state index in [2.05, 4.69) is 24.0 Å². The predicted octanol–water partition coefficient (Wildman–Crippen LogP) is 3.79. The van der Waals surface area contributed by atoms with Gasteiger partial charge in [-0.2, -0.15) is 0 Å². The predicted molar refractivity (Wildman–Crippen MR) is 83.1 cm³/mol. The highest BCUT2D eigenvalue weighted by atomic mass is 32.1. The molecule has 1 unspecified atom stereocenters. The first kappa shape index (κ1) is 15.5. The van der Waals surface area contributed by atoms with E-state index in [1.54, 1.807) is 0 Å². The number of hydrogen-bond acceptors (Lipinski definition) is 4. The van der Waals surface area contributed by atoms with Crippen molar-refractivity contribution in [2.75, 3.05) is 19.7 Å². The number of rotatable bonds is 6. The molecular formula is C16H25NO2S. The molecule has 0 saturated carbocycles. The van der Waals surface area contributed by atoms with E-state index in [1.807, 2.05) is 18.3 Å². The smallest absolute Gasteiger partial charge is 0.307 e. The van der Waals surface area contributed by atoms with E-state index in [1.165, 1.54) is 29.0 Å². The zero-order valence-electron chi connectivity index (χ0n) is 12.6. The Kier molecular flexibility index (Phi) is 6.05. The quantitative estimate of drug-likeness (QED) is 0.748. The number of carbonyl (C=O) groups is 1. The first-order valence-corrected chi connectivity index (χ1v) is 8.54. The fourth-order valence-corrected chi connectivity index (χ4v) is 3.87. The van der Waals surface area contributed by atoms with Crippen LogP contribution in [0, 0.1) is 0 Å². The highest BCUT2D eigenvalue weighted by Crippen LogP contribution is 2.33. The summed E-state index contributed by atoms with van der Waals surface area (Å²) in [6, 6.07) is 4.60. The van der Waals surface area contributed by atoms with Crippen molar-refractivity contribution >= 4 is 17.3 Å². The second-order valence-corrected chi connectivity index (χ2v) is 6.48. The highest BCUT2D eigenvalue weighted by Gasteiger charge is 2.26. The van der Waals surface area contributed by atoms with Gasteiger partial charge >= 0.3 is 5.97 Å². The van der Waals surface area contributed by atoms with Crippen molar-refractivity contribution in [1.82, 2.24) is 4.90 Å². The third-order valence-electron chi connectivity index (χ3n) is 3.86. The number of esters is 1. The van der Waals surface area contributed by atoms with Gasteiger partial charge < -0.3 is 4.74 Å². The summed E-state index contributed by atoms with van der Waals surface area (Å²) in [5, 5.41) is 0. The van der Waals surface area contributed by atoms with Crippen LogP contribution in [0.25, 0.3) is 0 Å². The van der Waals surface area contributed by atoms with Crippen molar-refractivity contribution in [3.05, 3.63) is 21.9 Å². The molecule has 1 aromatic heterocycles. The summed E-state index contributed by atoms with van der Waals surface area (Å²) in [4.78, 5) is 17.1. The standard InChI is InChI=1S/C16H25NO2S/c1-3-13-8-9-15(20-13)14(12-16(18)19-4-2)17-10-6-5-7-11-17/h8-9,14H,3-7,10-12H2,1-2H3. The molecule has 2 rings (SSSR count). The van der Waals surface area contributed by atoms with E-state index < -0.39 is 0 Å². The first-order valence-electron chi connectivity index (χ1n) is 7.72. The Hall–Kier alpha value is -0.870. The van der Waals surface area contributed by atoms with Gasteiger partial charge in [0.1, 0.15) is 0 Å². The Labute approximate surface area is 125 Å². The summed E-state index contributed by atoms with van der Waals surface area (Å²) in [7, 11) is 0. The van der Waals surface area contributed by atoms with Gasteiger partial charge in [0.05, 0.1) is 19.1 Å². The van der Waals surface area contributed by atoms with Crippen LogP contribution in [0.4, 0.5) is 0 Å². The van der Waals surface area contributed by atoms with Crippen LogP contribution >= 0.6 is 11.3 Å². The lowest BCUT2D eigenvalue weighted by Gasteiger charge is -2.33. The number of piperidine rings is 1. The van der Waals surface area contributed by atoms with Crippen LogP contribution in [0.1, 0.15) is 55.3 Å². The van der Waals surface area contributed by atoms with E-state index in [-0.39, 0.29) is 12.0 Å². The van der Waals surface area contributed by atoms with Crippen molar-refractivity contribution in [2.45, 2.75) is 52.0 Å². The second-order valence-electron chi connectivity index (χ2n) is 5.28. The maximum Gasteiger partial charge on any atom is 0.307 e. The number of likely N-dealkylation sites (tertiary alicyclic amines) is 1. The SMILES string of the molecule is CCOC(=O)CC(c1ccc(CC)s1)N1CCCCC1. The monoisotopic (exact) mass is 295 g/mol. The summed E-state index contributed by atoms with van der Waals surface area (Å²) >= 11 is 1.85. The lowest BCUT2D eigenvalue weighted by molar-refractivity contribution is -0.144. The van der Waals surface area contributed by atoms with Gasteiger partial charge in [-0.25, -0.2) is 0 Å². The molecule has 0 aliphatic carbocycles. The van der Waals surface area contributed by atoms with Crippen LogP contribution in [0.5, 0.6) is 0 Å². The van der Waals surface area contributed by atoms with Gasteiger partial charge in [0.2, 0.25) is 0 Å². The van der Waals surface area contributed by atoms with Crippen LogP contribution in [0.3, 0.4) is 0 Å². The number of ether oxygens (including phenoxy) is 1. The van der Waals surface area contributed by atoms with Gasteiger partial charge in [-0.05, 0) is 51.4 Å². The van der Waals surface area contributed by atoms with E-state index in [0.29, 0.717) is 13.0 Å². The summed E-state index contributed by atoms with van der Waals surface area (Å²) < 4.78 is 5.16. The van der Waals surface area contributed by atoms with Crippen LogP contribution in [-0.2, 0) is 16.0 Å². The Morgan fingerprint density at radius 1 is 1.30 bits per heavy atom. The van der Waals surface area contributed by atoms with E-state index in [9.17, 15) is 4.79 Å². The van der Waals surface area contributed by atoms with E-state index in [4.69, 9.17) is 4.74 Å². The number of aryl methyl sites for hydroxylation is 1. The van der Waals surface area contributed by atoms with Gasteiger partial charge in [0, 0.05) is 9.75 Å². The molecule has 1 aliphatic rings. The summed E-state index contributed by atoms with van der Waals surface area (Å²) in [6.07, 6.45) is 5.35. The number of hydrogen-bond donors (Lipinski definition) is 0. The number of nitrogens with zero attached hydrogens (tertiary/aromatic N) is 1. The molecule has 0 amide bonds. The maximum absolute atomic E-state index is 11.9. The molecule has 0 N–H and O–H groups in total. The average molecular weight is 295 g/mol. The first-order chi connectivity index (χ1) is 9.74. The molecule has 2 heterocycles. The molecule has 3 nitrogen and oxygen atoms in total. The minimum absolute atomic E-state index is 0.0745. The molecule has 0 radical (unpaired) electrons. The van der Waals surface area contributed by atoms with Crippen LogP contribution in [0.2, 0.25) is 0 Å². The topological polar surface area (TPSA) is 29.5 Å². The van der Waals surface area contributed by atoms with Crippen molar-refractivity contribution in [2.24, 2.45) is 0 Å². The molecule has 1 saturated heterocycles. The van der Waals surface area contributed by atoms with Gasteiger partial charge in [-0.15, -0.1) is 11.3 Å². The average Bonchev–Trinajstić information content (AvgIpc) is 2.95. The second kappa shape index (κ2) is 7.79. The lowest BCUT2D eigenvalue weighted by Crippen LogP contribution is -2.34. The van der Waals surface area contributed by atoms with E-state index >= 15 is 0 Å². The minimum atomic E-state index is -0.0745. The summed E-state index contributed by atoms with van der Waals surface area (Å²) in [5.41, 5.74) is 0. The largest absolute Gasteiger partial charge is 0.466 e. The fourth-order valence-electron chi connectivity index (χ4n) is 2.78. The van der Waals surface area contributed by atoms with Gasteiger partial charge in [-0.1, -0.05) is 13.3 Å².